The van der Waals surface area contributed by atoms with E-state index in [-0.39, 0.29) is 11.7 Å². The zero-order valence-electron chi connectivity index (χ0n) is 13.1. The summed E-state index contributed by atoms with van der Waals surface area (Å²) in [4.78, 5) is 30.3. The lowest BCUT2D eigenvalue weighted by atomic mass is 9.83. The van der Waals surface area contributed by atoms with Crippen molar-refractivity contribution < 1.29 is 9.59 Å². The van der Waals surface area contributed by atoms with Gasteiger partial charge in [0.05, 0.1) is 5.69 Å². The predicted molar refractivity (Wildman–Crippen MR) is 91.9 cm³/mol. The number of nitrogens with zero attached hydrogens (tertiary/aromatic N) is 1. The van der Waals surface area contributed by atoms with Gasteiger partial charge in [0.25, 0.3) is 0 Å². The summed E-state index contributed by atoms with van der Waals surface area (Å²) in [6.07, 6.45) is 0.316. The third-order valence-electron chi connectivity index (χ3n) is 3.86. The second-order valence-electron chi connectivity index (χ2n) is 6.42. The molecule has 1 unspecified atom stereocenters. The van der Waals surface area contributed by atoms with Crippen LogP contribution < -0.4 is 5.32 Å². The summed E-state index contributed by atoms with van der Waals surface area (Å²) in [6, 6.07) is 7.37. The molecule has 0 spiro atoms. The molecule has 6 heteroatoms. The molecule has 1 N–H and O–H groups in total. The molecule has 2 heterocycles. The lowest BCUT2D eigenvalue weighted by Gasteiger charge is -2.33. The van der Waals surface area contributed by atoms with Crippen LogP contribution >= 0.6 is 22.9 Å². The molecule has 0 aliphatic carbocycles. The largest absolute Gasteiger partial charge is 0.350 e. The second kappa shape index (κ2) is 5.73. The van der Waals surface area contributed by atoms with Crippen molar-refractivity contribution in [2.24, 2.45) is 0 Å². The van der Waals surface area contributed by atoms with Crippen LogP contribution in [0, 0.1) is 6.92 Å². The Kier molecular flexibility index (Phi) is 4.02. The van der Waals surface area contributed by atoms with Gasteiger partial charge in [-0.15, -0.1) is 11.3 Å². The smallest absolute Gasteiger partial charge is 0.237 e. The standard InChI is InChI=1S/C17H17ClN2O2S/c1-9-14(13-12(21)8-17(2,3)20-15(13)22)19-16(23-9)10-4-6-11(18)7-5-10/h4-7,13H,8H2,1-3H3,(H,20,22). The molecule has 1 saturated heterocycles. The molecule has 23 heavy (non-hydrogen) atoms. The quantitative estimate of drug-likeness (QED) is 0.841. The number of ketones is 1. The predicted octanol–water partition coefficient (Wildman–Crippen LogP) is 3.72. The van der Waals surface area contributed by atoms with Gasteiger partial charge in [-0.2, -0.15) is 0 Å². The van der Waals surface area contributed by atoms with Crippen LogP contribution in [0.5, 0.6) is 0 Å². The molecule has 0 saturated carbocycles. The number of Topliss-reactive ketones (excluding diaryl/α,β-unsaturated/α-hetero) is 1. The molecule has 0 radical (unpaired) electrons. The van der Waals surface area contributed by atoms with Crippen molar-refractivity contribution in [2.45, 2.75) is 38.6 Å². The van der Waals surface area contributed by atoms with Gasteiger partial charge in [0.2, 0.25) is 5.91 Å². The molecule has 1 aromatic heterocycles. The second-order valence-corrected chi connectivity index (χ2v) is 8.06. The van der Waals surface area contributed by atoms with Gasteiger partial charge >= 0.3 is 0 Å². The van der Waals surface area contributed by atoms with Crippen LogP contribution in [0.25, 0.3) is 10.6 Å². The van der Waals surface area contributed by atoms with Crippen molar-refractivity contribution in [1.29, 1.82) is 0 Å². The summed E-state index contributed by atoms with van der Waals surface area (Å²) in [5.41, 5.74) is 1.00. The van der Waals surface area contributed by atoms with E-state index in [1.807, 2.05) is 32.9 Å². The van der Waals surface area contributed by atoms with E-state index in [9.17, 15) is 9.59 Å². The molecule has 0 bridgehead atoms. The fraction of sp³-hybridized carbons (Fsp3) is 0.353. The average molecular weight is 349 g/mol. The monoisotopic (exact) mass is 348 g/mol. The Balaban J connectivity index is 1.97. The van der Waals surface area contributed by atoms with Gasteiger partial charge in [-0.05, 0) is 32.9 Å². The molecule has 3 rings (SSSR count). The first-order valence-electron chi connectivity index (χ1n) is 7.35. The number of piperidine rings is 1. The van der Waals surface area contributed by atoms with Gasteiger partial charge in [-0.3, -0.25) is 9.59 Å². The van der Waals surface area contributed by atoms with Crippen LogP contribution in [-0.2, 0) is 9.59 Å². The number of carbonyl (C=O) groups excluding carboxylic acids is 2. The molecule has 120 valence electrons. The third kappa shape index (κ3) is 3.16. The van der Waals surface area contributed by atoms with Gasteiger partial charge in [0.15, 0.2) is 5.78 Å². The van der Waals surface area contributed by atoms with Crippen LogP contribution in [0.15, 0.2) is 24.3 Å². The van der Waals surface area contributed by atoms with E-state index in [0.717, 1.165) is 15.4 Å². The number of aromatic nitrogens is 1. The van der Waals surface area contributed by atoms with Gasteiger partial charge in [0, 0.05) is 27.4 Å². The van der Waals surface area contributed by atoms with Gasteiger partial charge in [-0.1, -0.05) is 23.7 Å². The lowest BCUT2D eigenvalue weighted by molar-refractivity contribution is -0.136. The number of hydrogen-bond acceptors (Lipinski definition) is 4. The van der Waals surface area contributed by atoms with Crippen LogP contribution in [0.1, 0.15) is 36.8 Å². The van der Waals surface area contributed by atoms with E-state index in [1.165, 1.54) is 11.3 Å². The molecule has 1 aliphatic rings. The number of rotatable bonds is 2. The SMILES string of the molecule is Cc1sc(-c2ccc(Cl)cc2)nc1C1C(=O)CC(C)(C)NC1=O. The molecule has 1 aliphatic heterocycles. The Morgan fingerprint density at radius 3 is 2.52 bits per heavy atom. The summed E-state index contributed by atoms with van der Waals surface area (Å²) in [5, 5.41) is 4.36. The van der Waals surface area contributed by atoms with E-state index in [2.05, 4.69) is 10.3 Å². The van der Waals surface area contributed by atoms with Crippen LogP contribution in [0.3, 0.4) is 0 Å². The van der Waals surface area contributed by atoms with Crippen LogP contribution in [0.2, 0.25) is 5.02 Å². The summed E-state index contributed by atoms with van der Waals surface area (Å²) >= 11 is 7.39. The topological polar surface area (TPSA) is 59.1 Å². The maximum Gasteiger partial charge on any atom is 0.237 e. The first kappa shape index (κ1) is 16.1. The maximum atomic E-state index is 12.4. The fourth-order valence-electron chi connectivity index (χ4n) is 2.80. The lowest BCUT2D eigenvalue weighted by Crippen LogP contribution is -2.54. The minimum atomic E-state index is -0.805. The van der Waals surface area contributed by atoms with E-state index in [4.69, 9.17) is 11.6 Å². The van der Waals surface area contributed by atoms with Gasteiger partial charge < -0.3 is 5.32 Å². The Bertz CT molecular complexity index is 760. The minimum Gasteiger partial charge on any atom is -0.350 e. The number of benzene rings is 1. The van der Waals surface area contributed by atoms with Crippen molar-refractivity contribution in [3.63, 3.8) is 0 Å². The van der Waals surface area contributed by atoms with E-state index < -0.39 is 11.5 Å². The molecule has 1 atom stereocenters. The Morgan fingerprint density at radius 1 is 1.26 bits per heavy atom. The summed E-state index contributed by atoms with van der Waals surface area (Å²) in [5.74, 6) is -1.14. The Hall–Kier alpha value is -1.72. The molecule has 2 aromatic rings. The van der Waals surface area contributed by atoms with Crippen molar-refractivity contribution in [3.05, 3.63) is 39.9 Å². The number of hydrogen-bond donors (Lipinski definition) is 1. The zero-order valence-corrected chi connectivity index (χ0v) is 14.7. The Labute approximate surface area is 143 Å². The molecule has 1 aromatic carbocycles. The zero-order chi connectivity index (χ0) is 16.8. The van der Waals surface area contributed by atoms with Crippen molar-refractivity contribution >= 4 is 34.6 Å². The van der Waals surface area contributed by atoms with E-state index in [1.54, 1.807) is 12.1 Å². The first-order valence-corrected chi connectivity index (χ1v) is 8.54. The summed E-state index contributed by atoms with van der Waals surface area (Å²) < 4.78 is 0. The number of halogens is 1. The highest BCUT2D eigenvalue weighted by atomic mass is 35.5. The van der Waals surface area contributed by atoms with Crippen LogP contribution in [-0.4, -0.2) is 22.2 Å². The van der Waals surface area contributed by atoms with Crippen molar-refractivity contribution in [3.8, 4) is 10.6 Å². The van der Waals surface area contributed by atoms with Crippen molar-refractivity contribution in [1.82, 2.24) is 10.3 Å². The highest BCUT2D eigenvalue weighted by molar-refractivity contribution is 7.15. The Morgan fingerprint density at radius 2 is 1.91 bits per heavy atom. The van der Waals surface area contributed by atoms with Gasteiger partial charge in [-0.25, -0.2) is 4.98 Å². The molecular formula is C17H17ClN2O2S. The molecular weight excluding hydrogens is 332 g/mol. The number of carbonyl (C=O) groups is 2. The van der Waals surface area contributed by atoms with Crippen LogP contribution in [0.4, 0.5) is 0 Å². The number of thiazole rings is 1. The van der Waals surface area contributed by atoms with Crippen molar-refractivity contribution in [2.75, 3.05) is 0 Å². The maximum absolute atomic E-state index is 12.4. The highest BCUT2D eigenvalue weighted by Gasteiger charge is 2.42. The molecule has 1 amide bonds. The summed E-state index contributed by atoms with van der Waals surface area (Å²) in [6.45, 7) is 5.60. The molecule has 1 fully saturated rings. The fourth-order valence-corrected chi connectivity index (χ4v) is 3.88. The number of aryl methyl sites for hydroxylation is 1. The van der Waals surface area contributed by atoms with Gasteiger partial charge in [0.1, 0.15) is 10.9 Å². The third-order valence-corrected chi connectivity index (χ3v) is 5.15. The number of amides is 1. The highest BCUT2D eigenvalue weighted by Crippen LogP contribution is 2.35. The first-order chi connectivity index (χ1) is 10.8. The minimum absolute atomic E-state index is 0.0743. The van der Waals surface area contributed by atoms with E-state index in [0.29, 0.717) is 17.1 Å². The normalized spacial score (nSPS) is 20.4. The number of nitrogens with one attached hydrogen (secondary N) is 1. The summed E-state index contributed by atoms with van der Waals surface area (Å²) in [7, 11) is 0. The molecule has 4 nitrogen and oxygen atoms in total. The average Bonchev–Trinajstić information content (AvgIpc) is 2.79. The van der Waals surface area contributed by atoms with E-state index >= 15 is 0 Å².